The van der Waals surface area contributed by atoms with E-state index in [-0.39, 0.29) is 17.9 Å². The molecule has 1 aromatic carbocycles. The molecule has 0 spiro atoms. The zero-order valence-electron chi connectivity index (χ0n) is 18.0. The topological polar surface area (TPSA) is 52.7 Å². The summed E-state index contributed by atoms with van der Waals surface area (Å²) in [5.41, 5.74) is 1.14. The van der Waals surface area contributed by atoms with Gasteiger partial charge in [0.25, 0.3) is 0 Å². The summed E-state index contributed by atoms with van der Waals surface area (Å²) in [5, 5.41) is 3.80. The van der Waals surface area contributed by atoms with Crippen LogP contribution < -0.4 is 5.32 Å². The molecule has 0 bridgehead atoms. The molecule has 1 unspecified atom stereocenters. The molecule has 6 heteroatoms. The lowest BCUT2D eigenvalue weighted by molar-refractivity contribution is -0.131. The van der Waals surface area contributed by atoms with Gasteiger partial charge in [0, 0.05) is 37.5 Å². The second-order valence-electron chi connectivity index (χ2n) is 7.85. The van der Waals surface area contributed by atoms with Crippen molar-refractivity contribution in [1.29, 1.82) is 0 Å². The van der Waals surface area contributed by atoms with Crippen molar-refractivity contribution in [3.8, 4) is 0 Å². The summed E-state index contributed by atoms with van der Waals surface area (Å²) in [6, 6.07) is 8.06. The molecule has 1 atom stereocenters. The Kier molecular flexibility index (Phi) is 10.5. The molecule has 0 aromatic heterocycles. The highest BCUT2D eigenvalue weighted by Crippen LogP contribution is 2.26. The van der Waals surface area contributed by atoms with Crippen LogP contribution in [0, 0.1) is 0 Å². The first kappa shape index (κ1) is 23.7. The van der Waals surface area contributed by atoms with Crippen LogP contribution in [0.4, 0.5) is 0 Å². The molecule has 1 aliphatic heterocycles. The number of amides is 2. The SMILES string of the molecule is CCCN(CCC)C(=O)CCCC(=O)NCC(c1cccc(Cl)c1)N1CCCC1. The van der Waals surface area contributed by atoms with Gasteiger partial charge in [-0.05, 0) is 62.9 Å². The van der Waals surface area contributed by atoms with Gasteiger partial charge in [0.05, 0.1) is 6.04 Å². The number of hydrogen-bond acceptors (Lipinski definition) is 3. The van der Waals surface area contributed by atoms with Crippen LogP contribution in [0.15, 0.2) is 24.3 Å². The number of carbonyl (C=O) groups is 2. The van der Waals surface area contributed by atoms with E-state index in [2.05, 4.69) is 30.1 Å². The molecule has 1 fully saturated rings. The lowest BCUT2D eigenvalue weighted by Gasteiger charge is -2.28. The third-order valence-electron chi connectivity index (χ3n) is 5.44. The highest BCUT2D eigenvalue weighted by molar-refractivity contribution is 6.30. The molecule has 2 rings (SSSR count). The summed E-state index contributed by atoms with van der Waals surface area (Å²) >= 11 is 6.19. The minimum atomic E-state index is 0.0153. The molecule has 5 nitrogen and oxygen atoms in total. The van der Waals surface area contributed by atoms with Crippen LogP contribution >= 0.6 is 11.6 Å². The van der Waals surface area contributed by atoms with Crippen LogP contribution in [0.1, 0.15) is 70.4 Å². The smallest absolute Gasteiger partial charge is 0.222 e. The normalized spacial score (nSPS) is 15.3. The third kappa shape index (κ3) is 7.98. The molecule has 162 valence electrons. The number of likely N-dealkylation sites (tertiary alicyclic amines) is 1. The average molecular weight is 422 g/mol. The first-order valence-corrected chi connectivity index (χ1v) is 11.5. The number of nitrogens with zero attached hydrogens (tertiary/aromatic N) is 2. The van der Waals surface area contributed by atoms with E-state index in [1.54, 1.807) is 0 Å². The Morgan fingerprint density at radius 3 is 2.45 bits per heavy atom. The van der Waals surface area contributed by atoms with Crippen molar-refractivity contribution in [1.82, 2.24) is 15.1 Å². The Balaban J connectivity index is 1.81. The van der Waals surface area contributed by atoms with E-state index in [0.717, 1.165) is 49.6 Å². The Morgan fingerprint density at radius 2 is 1.83 bits per heavy atom. The second-order valence-corrected chi connectivity index (χ2v) is 8.29. The zero-order valence-corrected chi connectivity index (χ0v) is 18.7. The van der Waals surface area contributed by atoms with Crippen LogP contribution in [0.5, 0.6) is 0 Å². The van der Waals surface area contributed by atoms with Crippen molar-refractivity contribution in [2.24, 2.45) is 0 Å². The van der Waals surface area contributed by atoms with Gasteiger partial charge >= 0.3 is 0 Å². The number of hydrogen-bond donors (Lipinski definition) is 1. The van der Waals surface area contributed by atoms with Crippen LogP contribution in [0.25, 0.3) is 0 Å². The fraction of sp³-hybridized carbons (Fsp3) is 0.652. The molecule has 0 aliphatic carbocycles. The van der Waals surface area contributed by atoms with Crippen molar-refractivity contribution >= 4 is 23.4 Å². The standard InChI is InChI=1S/C23H36ClN3O2/c1-3-13-27(14-4-2)23(29)12-8-11-22(28)25-18-21(26-15-5-6-16-26)19-9-7-10-20(24)17-19/h7,9-10,17,21H,3-6,8,11-16,18H2,1-2H3,(H,25,28). The first-order valence-electron chi connectivity index (χ1n) is 11.1. The molecule has 0 saturated carbocycles. The summed E-state index contributed by atoms with van der Waals surface area (Å²) < 4.78 is 0. The van der Waals surface area contributed by atoms with Gasteiger partial charge < -0.3 is 10.2 Å². The molecule has 1 aliphatic rings. The molecular formula is C23H36ClN3O2. The monoisotopic (exact) mass is 421 g/mol. The maximum absolute atomic E-state index is 12.4. The Labute approximate surface area is 180 Å². The quantitative estimate of drug-likeness (QED) is 0.543. The first-order chi connectivity index (χ1) is 14.0. The molecule has 2 amide bonds. The molecule has 1 aromatic rings. The van der Waals surface area contributed by atoms with Crippen molar-refractivity contribution in [2.45, 2.75) is 64.8 Å². The van der Waals surface area contributed by atoms with Gasteiger partial charge in [0.15, 0.2) is 0 Å². The Bertz CT molecular complexity index is 641. The lowest BCUT2D eigenvalue weighted by atomic mass is 10.1. The summed E-state index contributed by atoms with van der Waals surface area (Å²) in [5.74, 6) is 0.178. The average Bonchev–Trinajstić information content (AvgIpc) is 3.22. The van der Waals surface area contributed by atoms with Gasteiger partial charge in [0.2, 0.25) is 11.8 Å². The minimum absolute atomic E-state index is 0.0153. The minimum Gasteiger partial charge on any atom is -0.354 e. The van der Waals surface area contributed by atoms with Gasteiger partial charge in [-0.25, -0.2) is 0 Å². The third-order valence-corrected chi connectivity index (χ3v) is 5.68. The Hall–Kier alpha value is -1.59. The molecule has 0 radical (unpaired) electrons. The van der Waals surface area contributed by atoms with E-state index in [4.69, 9.17) is 11.6 Å². The molecule has 1 saturated heterocycles. The maximum Gasteiger partial charge on any atom is 0.222 e. The zero-order chi connectivity index (χ0) is 21.1. The largest absolute Gasteiger partial charge is 0.354 e. The number of carbonyl (C=O) groups excluding carboxylic acids is 2. The highest BCUT2D eigenvalue weighted by atomic mass is 35.5. The van der Waals surface area contributed by atoms with Gasteiger partial charge in [-0.2, -0.15) is 0 Å². The summed E-state index contributed by atoms with van der Waals surface area (Å²) in [4.78, 5) is 29.1. The fourth-order valence-electron chi connectivity index (χ4n) is 3.98. The van der Waals surface area contributed by atoms with Crippen molar-refractivity contribution in [3.63, 3.8) is 0 Å². The number of nitrogens with one attached hydrogen (secondary N) is 1. The van der Waals surface area contributed by atoms with Crippen molar-refractivity contribution in [2.75, 3.05) is 32.7 Å². The van der Waals surface area contributed by atoms with Crippen LogP contribution in [0.2, 0.25) is 5.02 Å². The van der Waals surface area contributed by atoms with Gasteiger partial charge in [-0.15, -0.1) is 0 Å². The van der Waals surface area contributed by atoms with E-state index >= 15 is 0 Å². The number of rotatable bonds is 12. The molecule has 1 heterocycles. The van der Waals surface area contributed by atoms with E-state index in [1.165, 1.54) is 12.8 Å². The Morgan fingerprint density at radius 1 is 1.14 bits per heavy atom. The lowest BCUT2D eigenvalue weighted by Crippen LogP contribution is -2.37. The van der Waals surface area contributed by atoms with Crippen LogP contribution in [-0.4, -0.2) is 54.3 Å². The van der Waals surface area contributed by atoms with E-state index in [0.29, 0.717) is 25.8 Å². The summed E-state index contributed by atoms with van der Waals surface area (Å²) in [7, 11) is 0. The number of benzene rings is 1. The maximum atomic E-state index is 12.4. The number of halogens is 1. The van der Waals surface area contributed by atoms with Gasteiger partial charge in [-0.1, -0.05) is 37.6 Å². The molecule has 1 N–H and O–H groups in total. The van der Waals surface area contributed by atoms with Crippen molar-refractivity contribution < 1.29 is 9.59 Å². The van der Waals surface area contributed by atoms with Gasteiger partial charge in [0.1, 0.15) is 0 Å². The highest BCUT2D eigenvalue weighted by Gasteiger charge is 2.24. The fourth-order valence-corrected chi connectivity index (χ4v) is 4.18. The van der Waals surface area contributed by atoms with E-state index < -0.39 is 0 Å². The predicted molar refractivity (Wildman–Crippen MR) is 119 cm³/mol. The van der Waals surface area contributed by atoms with Crippen LogP contribution in [0.3, 0.4) is 0 Å². The molecular weight excluding hydrogens is 386 g/mol. The predicted octanol–water partition coefficient (Wildman–Crippen LogP) is 4.41. The summed E-state index contributed by atoms with van der Waals surface area (Å²) in [6.07, 6.45) is 5.75. The molecule has 29 heavy (non-hydrogen) atoms. The van der Waals surface area contributed by atoms with E-state index in [1.807, 2.05) is 23.1 Å². The van der Waals surface area contributed by atoms with Crippen molar-refractivity contribution in [3.05, 3.63) is 34.9 Å². The van der Waals surface area contributed by atoms with E-state index in [9.17, 15) is 9.59 Å². The summed E-state index contributed by atoms with van der Waals surface area (Å²) in [6.45, 7) is 8.44. The second kappa shape index (κ2) is 12.9. The van der Waals surface area contributed by atoms with Crippen LogP contribution in [-0.2, 0) is 9.59 Å². The van der Waals surface area contributed by atoms with Gasteiger partial charge in [-0.3, -0.25) is 14.5 Å².